The van der Waals surface area contributed by atoms with Crippen LogP contribution in [0.3, 0.4) is 0 Å². The van der Waals surface area contributed by atoms with Gasteiger partial charge in [0.2, 0.25) is 0 Å². The van der Waals surface area contributed by atoms with Gasteiger partial charge in [-0.25, -0.2) is 4.98 Å². The molecule has 2 aromatic rings. The van der Waals surface area contributed by atoms with E-state index in [1.807, 2.05) is 26.1 Å². The van der Waals surface area contributed by atoms with E-state index in [-0.39, 0.29) is 24.0 Å². The van der Waals surface area contributed by atoms with Gasteiger partial charge in [-0.05, 0) is 19.1 Å². The van der Waals surface area contributed by atoms with Crippen molar-refractivity contribution >= 4 is 64.2 Å². The summed E-state index contributed by atoms with van der Waals surface area (Å²) in [5.74, 6) is 0.847. The third-order valence-electron chi connectivity index (χ3n) is 2.69. The summed E-state index contributed by atoms with van der Waals surface area (Å²) in [7, 11) is 3.79. The maximum absolute atomic E-state index is 5.92. The van der Waals surface area contributed by atoms with E-state index in [4.69, 9.17) is 11.6 Å². The zero-order valence-corrected chi connectivity index (χ0v) is 16.8. The Bertz CT molecular complexity index is 597. The fourth-order valence-corrected chi connectivity index (χ4v) is 3.43. The van der Waals surface area contributed by atoms with Gasteiger partial charge in [0.15, 0.2) is 5.96 Å². The van der Waals surface area contributed by atoms with E-state index in [0.717, 1.165) is 34.1 Å². The average molecular weight is 457 g/mol. The van der Waals surface area contributed by atoms with Gasteiger partial charge >= 0.3 is 0 Å². The zero-order chi connectivity index (χ0) is 14.5. The number of guanidine groups is 1. The molecule has 116 valence electrons. The maximum Gasteiger partial charge on any atom is 0.194 e. The van der Waals surface area contributed by atoms with E-state index in [1.165, 1.54) is 4.88 Å². The van der Waals surface area contributed by atoms with Crippen LogP contribution >= 0.6 is 58.3 Å². The van der Waals surface area contributed by atoms with Crippen LogP contribution in [0.2, 0.25) is 4.34 Å². The topological polar surface area (TPSA) is 40.5 Å². The molecule has 0 spiro atoms. The summed E-state index contributed by atoms with van der Waals surface area (Å²) in [5.41, 5.74) is 1.07. The van der Waals surface area contributed by atoms with E-state index >= 15 is 0 Å². The summed E-state index contributed by atoms with van der Waals surface area (Å²) in [6.45, 7) is 3.49. The van der Waals surface area contributed by atoms with Crippen LogP contribution in [-0.4, -0.2) is 29.9 Å². The molecule has 2 rings (SSSR count). The van der Waals surface area contributed by atoms with Crippen molar-refractivity contribution in [2.75, 3.05) is 14.1 Å². The van der Waals surface area contributed by atoms with Crippen molar-refractivity contribution in [3.8, 4) is 0 Å². The van der Waals surface area contributed by atoms with Crippen LogP contribution in [0.15, 0.2) is 22.5 Å². The van der Waals surface area contributed by atoms with Gasteiger partial charge in [-0.1, -0.05) is 11.6 Å². The highest BCUT2D eigenvalue weighted by molar-refractivity contribution is 14.0. The Kier molecular flexibility index (Phi) is 7.93. The second-order valence-corrected chi connectivity index (χ2v) is 7.18. The molecule has 0 aliphatic heterocycles. The molecule has 0 fully saturated rings. The molecule has 0 aliphatic rings. The predicted octanol–water partition coefficient (Wildman–Crippen LogP) is 3.99. The van der Waals surface area contributed by atoms with Gasteiger partial charge in [-0.2, -0.15) is 0 Å². The average Bonchev–Trinajstić information content (AvgIpc) is 2.99. The lowest BCUT2D eigenvalue weighted by Crippen LogP contribution is -2.37. The summed E-state index contributed by atoms with van der Waals surface area (Å²) < 4.78 is 0.808. The molecular formula is C13H18ClIN4S2. The maximum atomic E-state index is 5.92. The Morgan fingerprint density at radius 3 is 2.76 bits per heavy atom. The molecule has 0 unspecified atom stereocenters. The highest BCUT2D eigenvalue weighted by atomic mass is 127. The summed E-state index contributed by atoms with van der Waals surface area (Å²) >= 11 is 9.17. The number of aromatic nitrogens is 1. The van der Waals surface area contributed by atoms with Gasteiger partial charge in [-0.15, -0.1) is 46.7 Å². The number of halogens is 2. The Balaban J connectivity index is 0.00000220. The molecule has 8 heteroatoms. The molecule has 0 saturated heterocycles. The molecule has 0 radical (unpaired) electrons. The Labute approximate surface area is 155 Å². The number of hydrogen-bond acceptors (Lipinski definition) is 4. The van der Waals surface area contributed by atoms with Crippen molar-refractivity contribution < 1.29 is 0 Å². The molecule has 0 aromatic carbocycles. The minimum atomic E-state index is 0. The summed E-state index contributed by atoms with van der Waals surface area (Å²) in [6.07, 6.45) is 0. The van der Waals surface area contributed by atoms with E-state index in [9.17, 15) is 0 Å². The minimum Gasteiger partial charge on any atom is -0.351 e. The normalized spacial score (nSPS) is 11.1. The molecule has 1 N–H and O–H groups in total. The molecule has 0 bridgehead atoms. The molecule has 21 heavy (non-hydrogen) atoms. The number of thiazole rings is 1. The Morgan fingerprint density at radius 1 is 1.48 bits per heavy atom. The largest absolute Gasteiger partial charge is 0.351 e. The number of aliphatic imine (C=N–C) groups is 1. The van der Waals surface area contributed by atoms with Gasteiger partial charge in [0.05, 0.1) is 28.1 Å². The molecule has 4 nitrogen and oxygen atoms in total. The van der Waals surface area contributed by atoms with Crippen molar-refractivity contribution in [1.82, 2.24) is 15.2 Å². The number of aryl methyl sites for hydroxylation is 1. The van der Waals surface area contributed by atoms with Gasteiger partial charge in [0.25, 0.3) is 0 Å². The lowest BCUT2D eigenvalue weighted by molar-refractivity contribution is 0.471. The van der Waals surface area contributed by atoms with Crippen molar-refractivity contribution in [3.05, 3.63) is 37.4 Å². The fourth-order valence-electron chi connectivity index (χ4n) is 1.80. The molecule has 0 aliphatic carbocycles. The Morgan fingerprint density at radius 2 is 2.24 bits per heavy atom. The lowest BCUT2D eigenvalue weighted by Gasteiger charge is -2.20. The second-order valence-electron chi connectivity index (χ2n) is 4.32. The van der Waals surface area contributed by atoms with Gasteiger partial charge < -0.3 is 10.2 Å². The van der Waals surface area contributed by atoms with Crippen LogP contribution in [0.5, 0.6) is 0 Å². The van der Waals surface area contributed by atoms with Gasteiger partial charge in [0, 0.05) is 24.4 Å². The van der Waals surface area contributed by atoms with E-state index in [1.54, 1.807) is 29.7 Å². The SMILES string of the molecule is CN=C(NCc1ccc(Cl)s1)N(C)Cc1csc(C)n1.I. The first kappa shape index (κ1) is 18.7. The Hall–Kier alpha value is -0.380. The first-order valence-corrected chi connectivity index (χ1v) is 8.23. The lowest BCUT2D eigenvalue weighted by atomic mass is 10.4. The van der Waals surface area contributed by atoms with E-state index < -0.39 is 0 Å². The molecular weight excluding hydrogens is 439 g/mol. The number of thiophene rings is 1. The standard InChI is InChI=1S/C13H17ClN4S2.HI/c1-9-17-10(8-19-9)7-18(3)13(15-2)16-6-11-4-5-12(14)20-11;/h4-5,8H,6-7H2,1-3H3,(H,15,16);1H. The first-order valence-electron chi connectivity index (χ1n) is 6.15. The predicted molar refractivity (Wildman–Crippen MR) is 103 cm³/mol. The van der Waals surface area contributed by atoms with Crippen LogP contribution in [0.25, 0.3) is 0 Å². The highest BCUT2D eigenvalue weighted by Gasteiger charge is 2.09. The van der Waals surface area contributed by atoms with Crippen molar-refractivity contribution in [3.63, 3.8) is 0 Å². The first-order chi connectivity index (χ1) is 9.58. The molecule has 2 aromatic heterocycles. The fraction of sp³-hybridized carbons (Fsp3) is 0.385. The number of nitrogens with one attached hydrogen (secondary N) is 1. The van der Waals surface area contributed by atoms with Crippen LogP contribution < -0.4 is 5.32 Å². The highest BCUT2D eigenvalue weighted by Crippen LogP contribution is 2.21. The van der Waals surface area contributed by atoms with E-state index in [2.05, 4.69) is 25.6 Å². The number of hydrogen-bond donors (Lipinski definition) is 1. The summed E-state index contributed by atoms with van der Waals surface area (Å²) in [4.78, 5) is 12.0. The van der Waals surface area contributed by atoms with Crippen molar-refractivity contribution in [2.24, 2.45) is 4.99 Å². The van der Waals surface area contributed by atoms with Crippen LogP contribution in [0, 0.1) is 6.92 Å². The molecule has 0 saturated carbocycles. The quantitative estimate of drug-likeness (QED) is 0.430. The monoisotopic (exact) mass is 456 g/mol. The van der Waals surface area contributed by atoms with Gasteiger partial charge in [-0.3, -0.25) is 4.99 Å². The zero-order valence-electron chi connectivity index (χ0n) is 12.1. The van der Waals surface area contributed by atoms with Crippen LogP contribution in [-0.2, 0) is 13.1 Å². The molecule has 0 atom stereocenters. The molecule has 2 heterocycles. The van der Waals surface area contributed by atoms with E-state index in [0.29, 0.717) is 0 Å². The van der Waals surface area contributed by atoms with Crippen molar-refractivity contribution in [1.29, 1.82) is 0 Å². The van der Waals surface area contributed by atoms with Crippen LogP contribution in [0.4, 0.5) is 0 Å². The van der Waals surface area contributed by atoms with Crippen LogP contribution in [0.1, 0.15) is 15.6 Å². The minimum absolute atomic E-state index is 0. The number of rotatable bonds is 4. The summed E-state index contributed by atoms with van der Waals surface area (Å²) in [6, 6.07) is 3.94. The number of nitrogens with zero attached hydrogens (tertiary/aromatic N) is 3. The smallest absolute Gasteiger partial charge is 0.194 e. The molecule has 0 amide bonds. The van der Waals surface area contributed by atoms with Crippen molar-refractivity contribution in [2.45, 2.75) is 20.0 Å². The summed E-state index contributed by atoms with van der Waals surface area (Å²) in [5, 5.41) is 6.50. The third-order valence-corrected chi connectivity index (χ3v) is 4.74. The second kappa shape index (κ2) is 8.92. The van der Waals surface area contributed by atoms with Gasteiger partial charge in [0.1, 0.15) is 0 Å². The third kappa shape index (κ3) is 5.72.